The summed E-state index contributed by atoms with van der Waals surface area (Å²) in [5.41, 5.74) is 0.598. The highest BCUT2D eigenvalue weighted by molar-refractivity contribution is 7.98. The first-order valence-corrected chi connectivity index (χ1v) is 9.07. The Bertz CT molecular complexity index is 500. The van der Waals surface area contributed by atoms with E-state index in [9.17, 15) is 13.5 Å². The zero-order valence-corrected chi connectivity index (χ0v) is 13.1. The third kappa shape index (κ3) is 4.80. The molecular formula is C13H21NO3S2. The average Bonchev–Trinajstić information content (AvgIpc) is 2.38. The van der Waals surface area contributed by atoms with Gasteiger partial charge in [0.1, 0.15) is 0 Å². The molecule has 0 saturated carbocycles. The molecule has 2 unspecified atom stereocenters. The van der Waals surface area contributed by atoms with Gasteiger partial charge in [0.05, 0.1) is 11.0 Å². The highest BCUT2D eigenvalue weighted by Crippen LogP contribution is 2.18. The van der Waals surface area contributed by atoms with E-state index in [1.165, 1.54) is 6.07 Å². The minimum absolute atomic E-state index is 0.0739. The predicted molar refractivity (Wildman–Crippen MR) is 79.9 cm³/mol. The Labute approximate surface area is 119 Å². The van der Waals surface area contributed by atoms with Crippen LogP contribution < -0.4 is 4.72 Å². The second-order valence-electron chi connectivity index (χ2n) is 4.43. The molecule has 4 nitrogen and oxygen atoms in total. The van der Waals surface area contributed by atoms with Crippen LogP contribution in [-0.4, -0.2) is 31.6 Å². The maximum atomic E-state index is 12.2. The van der Waals surface area contributed by atoms with Crippen molar-refractivity contribution < 1.29 is 13.5 Å². The van der Waals surface area contributed by atoms with E-state index in [0.717, 1.165) is 12.2 Å². The van der Waals surface area contributed by atoms with Gasteiger partial charge in [0.15, 0.2) is 0 Å². The third-order valence-corrected chi connectivity index (χ3v) is 5.09. The molecule has 0 bridgehead atoms. The number of rotatable bonds is 7. The molecule has 0 aliphatic heterocycles. The predicted octanol–water partition coefficient (Wildman–Crippen LogP) is 2.16. The number of sulfonamides is 1. The minimum Gasteiger partial charge on any atom is -0.389 e. The molecule has 2 atom stereocenters. The van der Waals surface area contributed by atoms with Gasteiger partial charge in [0, 0.05) is 11.8 Å². The van der Waals surface area contributed by atoms with E-state index in [-0.39, 0.29) is 10.9 Å². The van der Waals surface area contributed by atoms with Crippen molar-refractivity contribution >= 4 is 21.8 Å². The SMILES string of the molecule is CCC(CSC)NS(=O)(=O)c1cccc(C(C)O)c1. The quantitative estimate of drug-likeness (QED) is 0.810. The number of aliphatic hydroxyl groups is 1. The molecule has 0 aromatic heterocycles. The number of thioether (sulfide) groups is 1. The van der Waals surface area contributed by atoms with Crippen LogP contribution in [0, 0.1) is 0 Å². The molecule has 6 heteroatoms. The highest BCUT2D eigenvalue weighted by Gasteiger charge is 2.19. The van der Waals surface area contributed by atoms with Crippen LogP contribution in [-0.2, 0) is 10.0 Å². The molecule has 0 heterocycles. The van der Waals surface area contributed by atoms with Gasteiger partial charge in [0.2, 0.25) is 10.0 Å². The van der Waals surface area contributed by atoms with Gasteiger partial charge in [-0.3, -0.25) is 0 Å². The highest BCUT2D eigenvalue weighted by atomic mass is 32.2. The molecule has 0 aliphatic rings. The summed E-state index contributed by atoms with van der Waals surface area (Å²) in [6.07, 6.45) is 2.02. The van der Waals surface area contributed by atoms with Gasteiger partial charge in [0.25, 0.3) is 0 Å². The lowest BCUT2D eigenvalue weighted by Gasteiger charge is -2.16. The van der Waals surface area contributed by atoms with Gasteiger partial charge in [-0.1, -0.05) is 19.1 Å². The number of hydrogen-bond acceptors (Lipinski definition) is 4. The molecule has 1 aromatic rings. The van der Waals surface area contributed by atoms with E-state index < -0.39 is 16.1 Å². The summed E-state index contributed by atoms with van der Waals surface area (Å²) in [6, 6.07) is 6.34. The molecule has 0 radical (unpaired) electrons. The summed E-state index contributed by atoms with van der Waals surface area (Å²) in [5.74, 6) is 0.742. The van der Waals surface area contributed by atoms with E-state index in [0.29, 0.717) is 5.56 Å². The Morgan fingerprint density at radius 3 is 2.63 bits per heavy atom. The molecule has 0 fully saturated rings. The smallest absolute Gasteiger partial charge is 0.240 e. The fraction of sp³-hybridized carbons (Fsp3) is 0.538. The van der Waals surface area contributed by atoms with Gasteiger partial charge >= 0.3 is 0 Å². The van der Waals surface area contributed by atoms with Crippen molar-refractivity contribution in [3.8, 4) is 0 Å². The molecule has 19 heavy (non-hydrogen) atoms. The molecule has 108 valence electrons. The first-order chi connectivity index (χ1) is 8.90. The van der Waals surface area contributed by atoms with Crippen molar-refractivity contribution in [3.05, 3.63) is 29.8 Å². The van der Waals surface area contributed by atoms with Crippen molar-refractivity contribution in [1.82, 2.24) is 4.72 Å². The average molecular weight is 303 g/mol. The topological polar surface area (TPSA) is 66.4 Å². The largest absolute Gasteiger partial charge is 0.389 e. The lowest BCUT2D eigenvalue weighted by molar-refractivity contribution is 0.199. The normalized spacial score (nSPS) is 15.2. The third-order valence-electron chi connectivity index (χ3n) is 2.83. The molecule has 1 rings (SSSR count). The van der Waals surface area contributed by atoms with Crippen LogP contribution in [0.3, 0.4) is 0 Å². The van der Waals surface area contributed by atoms with E-state index in [1.807, 2.05) is 13.2 Å². The summed E-state index contributed by atoms with van der Waals surface area (Å²) in [7, 11) is -3.52. The number of hydrogen-bond donors (Lipinski definition) is 2. The molecular weight excluding hydrogens is 282 g/mol. The van der Waals surface area contributed by atoms with Gasteiger partial charge in [-0.15, -0.1) is 0 Å². The lowest BCUT2D eigenvalue weighted by Crippen LogP contribution is -2.36. The fourth-order valence-corrected chi connectivity index (χ4v) is 3.87. The van der Waals surface area contributed by atoms with Gasteiger partial charge in [-0.25, -0.2) is 13.1 Å². The van der Waals surface area contributed by atoms with Crippen LogP contribution >= 0.6 is 11.8 Å². The Morgan fingerprint density at radius 2 is 2.11 bits per heavy atom. The summed E-state index contributed by atoms with van der Waals surface area (Å²) >= 11 is 1.61. The maximum absolute atomic E-state index is 12.2. The maximum Gasteiger partial charge on any atom is 0.240 e. The van der Waals surface area contributed by atoms with Crippen molar-refractivity contribution in [3.63, 3.8) is 0 Å². The zero-order valence-electron chi connectivity index (χ0n) is 11.5. The summed E-state index contributed by atoms with van der Waals surface area (Å²) < 4.78 is 27.2. The molecule has 2 N–H and O–H groups in total. The van der Waals surface area contributed by atoms with E-state index in [4.69, 9.17) is 0 Å². The van der Waals surface area contributed by atoms with Gasteiger partial charge < -0.3 is 5.11 Å². The van der Waals surface area contributed by atoms with E-state index in [2.05, 4.69) is 4.72 Å². The summed E-state index contributed by atoms with van der Waals surface area (Å²) in [5, 5.41) is 9.51. The Balaban J connectivity index is 2.96. The Morgan fingerprint density at radius 1 is 1.42 bits per heavy atom. The Kier molecular flexibility index (Phi) is 6.32. The van der Waals surface area contributed by atoms with Gasteiger partial charge in [-0.2, -0.15) is 11.8 Å². The standard InChI is InChI=1S/C13H21NO3S2/c1-4-12(9-18-3)14-19(16,17)13-7-5-6-11(8-13)10(2)15/h5-8,10,12,14-15H,4,9H2,1-3H3. The van der Waals surface area contributed by atoms with E-state index >= 15 is 0 Å². The lowest BCUT2D eigenvalue weighted by atomic mass is 10.1. The van der Waals surface area contributed by atoms with Crippen LogP contribution in [0.2, 0.25) is 0 Å². The van der Waals surface area contributed by atoms with E-state index in [1.54, 1.807) is 36.9 Å². The monoisotopic (exact) mass is 303 g/mol. The second-order valence-corrected chi connectivity index (χ2v) is 7.05. The fourth-order valence-electron chi connectivity index (χ4n) is 1.67. The second kappa shape index (κ2) is 7.28. The number of benzene rings is 1. The summed E-state index contributed by atoms with van der Waals surface area (Å²) in [4.78, 5) is 0.199. The molecule has 0 saturated heterocycles. The first-order valence-electron chi connectivity index (χ1n) is 6.20. The van der Waals surface area contributed by atoms with Gasteiger partial charge in [-0.05, 0) is 37.3 Å². The van der Waals surface area contributed by atoms with Crippen LogP contribution in [0.5, 0.6) is 0 Å². The van der Waals surface area contributed by atoms with Crippen LogP contribution in [0.1, 0.15) is 31.9 Å². The number of nitrogens with one attached hydrogen (secondary N) is 1. The molecule has 1 aromatic carbocycles. The summed E-state index contributed by atoms with van der Waals surface area (Å²) in [6.45, 7) is 3.57. The zero-order chi connectivity index (χ0) is 14.5. The van der Waals surface area contributed by atoms with Crippen LogP contribution in [0.4, 0.5) is 0 Å². The van der Waals surface area contributed by atoms with Crippen LogP contribution in [0.15, 0.2) is 29.2 Å². The van der Waals surface area contributed by atoms with Crippen molar-refractivity contribution in [2.24, 2.45) is 0 Å². The van der Waals surface area contributed by atoms with Crippen LogP contribution in [0.25, 0.3) is 0 Å². The minimum atomic E-state index is -3.52. The molecule has 0 spiro atoms. The van der Waals surface area contributed by atoms with Crippen molar-refractivity contribution in [2.45, 2.75) is 37.3 Å². The molecule has 0 amide bonds. The molecule has 0 aliphatic carbocycles. The first kappa shape index (κ1) is 16.5. The van der Waals surface area contributed by atoms with Crippen molar-refractivity contribution in [2.75, 3.05) is 12.0 Å². The Hall–Kier alpha value is -0.560. The van der Waals surface area contributed by atoms with Crippen molar-refractivity contribution in [1.29, 1.82) is 0 Å². The number of aliphatic hydroxyl groups excluding tert-OH is 1.